The van der Waals surface area contributed by atoms with E-state index >= 15 is 0 Å². The van der Waals surface area contributed by atoms with E-state index in [4.69, 9.17) is 6.42 Å². The molecule has 21 heavy (non-hydrogen) atoms. The molecular weight excluding hydrogens is 258 g/mol. The number of nitrogens with zero attached hydrogens (tertiary/aromatic N) is 1. The first-order valence-electron chi connectivity index (χ1n) is 7.01. The van der Waals surface area contributed by atoms with Gasteiger partial charge in [0.15, 0.2) is 0 Å². The van der Waals surface area contributed by atoms with Crippen molar-refractivity contribution in [1.82, 2.24) is 15.3 Å². The first-order valence-corrected chi connectivity index (χ1v) is 7.01. The van der Waals surface area contributed by atoms with Gasteiger partial charge < -0.3 is 10.3 Å². The molecule has 1 aromatic heterocycles. The van der Waals surface area contributed by atoms with Gasteiger partial charge in [0.2, 0.25) is 0 Å². The van der Waals surface area contributed by atoms with Crippen molar-refractivity contribution in [3.8, 4) is 12.3 Å². The average Bonchev–Trinajstić information content (AvgIpc) is 2.94. The Morgan fingerprint density at radius 3 is 3.05 bits per heavy atom. The molecule has 0 unspecified atom stereocenters. The largest absolute Gasteiger partial charge is 0.340 e. The van der Waals surface area contributed by atoms with Crippen LogP contribution in [0.2, 0.25) is 0 Å². The van der Waals surface area contributed by atoms with E-state index in [1.165, 1.54) is 0 Å². The molecule has 0 atom stereocenters. The van der Waals surface area contributed by atoms with Crippen LogP contribution in [0.25, 0.3) is 21.8 Å². The van der Waals surface area contributed by atoms with Crippen LogP contribution >= 0.6 is 0 Å². The molecule has 3 aromatic rings. The van der Waals surface area contributed by atoms with Gasteiger partial charge in [-0.25, -0.2) is 4.98 Å². The maximum atomic E-state index is 5.45. The summed E-state index contributed by atoms with van der Waals surface area (Å²) in [5.74, 6) is 3.62. The third kappa shape index (κ3) is 2.67. The number of terminal acetylenes is 1. The monoisotopic (exact) mass is 275 g/mol. The van der Waals surface area contributed by atoms with Gasteiger partial charge in [-0.2, -0.15) is 0 Å². The van der Waals surface area contributed by atoms with Gasteiger partial charge in [0, 0.05) is 10.9 Å². The zero-order chi connectivity index (χ0) is 14.7. The first-order chi connectivity index (χ1) is 10.3. The highest BCUT2D eigenvalue weighted by atomic mass is 15.0. The van der Waals surface area contributed by atoms with Crippen molar-refractivity contribution in [2.45, 2.75) is 13.0 Å². The number of hydrogen-bond donors (Lipinski definition) is 2. The smallest absolute Gasteiger partial charge is 0.121 e. The highest BCUT2D eigenvalue weighted by Crippen LogP contribution is 2.24. The normalized spacial score (nSPS) is 10.8. The first kappa shape index (κ1) is 13.4. The van der Waals surface area contributed by atoms with Gasteiger partial charge in [0.1, 0.15) is 5.82 Å². The molecular formula is C18H17N3. The van der Waals surface area contributed by atoms with Gasteiger partial charge in [-0.15, -0.1) is 13.0 Å². The predicted molar refractivity (Wildman–Crippen MR) is 88.1 cm³/mol. The second-order valence-electron chi connectivity index (χ2n) is 4.98. The molecule has 0 radical (unpaired) electrons. The van der Waals surface area contributed by atoms with Gasteiger partial charge in [-0.1, -0.05) is 24.1 Å². The standard InChI is InChI=1S/C18H17N3/c1-3-5-10-19-12-17-20-16-9-7-14-11-13(4-2)6-8-15(14)18(16)21-17/h2-3,6-9,11,19H,1,5,10,12H2,(H,20,21). The number of aromatic nitrogens is 2. The molecule has 0 aliphatic carbocycles. The van der Waals surface area contributed by atoms with Crippen molar-refractivity contribution >= 4 is 21.8 Å². The molecule has 0 fully saturated rings. The minimum Gasteiger partial charge on any atom is -0.340 e. The highest BCUT2D eigenvalue weighted by Gasteiger charge is 2.06. The number of rotatable bonds is 5. The van der Waals surface area contributed by atoms with Crippen LogP contribution in [0.1, 0.15) is 17.8 Å². The summed E-state index contributed by atoms with van der Waals surface area (Å²) in [6.07, 6.45) is 8.31. The number of nitrogens with one attached hydrogen (secondary N) is 2. The number of hydrogen-bond acceptors (Lipinski definition) is 2. The number of H-pyrrole nitrogens is 1. The predicted octanol–water partition coefficient (Wildman–Crippen LogP) is 3.36. The van der Waals surface area contributed by atoms with E-state index in [2.05, 4.69) is 39.9 Å². The van der Waals surface area contributed by atoms with Crippen LogP contribution in [-0.2, 0) is 6.54 Å². The van der Waals surface area contributed by atoms with Gasteiger partial charge in [0.25, 0.3) is 0 Å². The lowest BCUT2D eigenvalue weighted by Gasteiger charge is -2.00. The summed E-state index contributed by atoms with van der Waals surface area (Å²) in [6, 6.07) is 10.1. The van der Waals surface area contributed by atoms with Crippen molar-refractivity contribution < 1.29 is 0 Å². The number of fused-ring (bicyclic) bond motifs is 3. The Hall–Kier alpha value is -2.57. The topological polar surface area (TPSA) is 40.7 Å². The van der Waals surface area contributed by atoms with Crippen LogP contribution < -0.4 is 5.32 Å². The quantitative estimate of drug-likeness (QED) is 0.426. The maximum absolute atomic E-state index is 5.45. The third-order valence-electron chi connectivity index (χ3n) is 3.51. The fraction of sp³-hybridized carbons (Fsp3) is 0.167. The van der Waals surface area contributed by atoms with E-state index in [-0.39, 0.29) is 0 Å². The number of benzene rings is 2. The van der Waals surface area contributed by atoms with E-state index in [1.54, 1.807) is 0 Å². The maximum Gasteiger partial charge on any atom is 0.121 e. The van der Waals surface area contributed by atoms with Crippen molar-refractivity contribution in [1.29, 1.82) is 0 Å². The minimum atomic E-state index is 0.729. The summed E-state index contributed by atoms with van der Waals surface area (Å²) in [6.45, 7) is 5.35. The molecule has 104 valence electrons. The molecule has 2 N–H and O–H groups in total. The van der Waals surface area contributed by atoms with Gasteiger partial charge in [-0.3, -0.25) is 0 Å². The summed E-state index contributed by atoms with van der Waals surface area (Å²) in [4.78, 5) is 8.02. The van der Waals surface area contributed by atoms with Gasteiger partial charge >= 0.3 is 0 Å². The Bertz CT molecular complexity index is 837. The molecule has 0 aliphatic rings. The number of aromatic amines is 1. The van der Waals surface area contributed by atoms with Crippen LogP contribution in [0.15, 0.2) is 43.0 Å². The fourth-order valence-electron chi connectivity index (χ4n) is 2.44. The molecule has 3 nitrogen and oxygen atoms in total. The van der Waals surface area contributed by atoms with Crippen molar-refractivity contribution in [2.75, 3.05) is 6.54 Å². The lowest BCUT2D eigenvalue weighted by Crippen LogP contribution is -2.14. The summed E-state index contributed by atoms with van der Waals surface area (Å²) < 4.78 is 0. The average molecular weight is 275 g/mol. The number of imidazole rings is 1. The second kappa shape index (κ2) is 5.82. The lowest BCUT2D eigenvalue weighted by atomic mass is 10.1. The Balaban J connectivity index is 1.95. The van der Waals surface area contributed by atoms with Crippen LogP contribution in [-0.4, -0.2) is 16.5 Å². The van der Waals surface area contributed by atoms with Gasteiger partial charge in [-0.05, 0) is 36.6 Å². The molecule has 0 amide bonds. The van der Waals surface area contributed by atoms with Crippen LogP contribution in [0, 0.1) is 12.3 Å². The molecule has 0 saturated heterocycles. The summed E-state index contributed by atoms with van der Waals surface area (Å²) >= 11 is 0. The van der Waals surface area contributed by atoms with Gasteiger partial charge in [0.05, 0.1) is 17.6 Å². The molecule has 3 rings (SSSR count). The minimum absolute atomic E-state index is 0.729. The summed E-state index contributed by atoms with van der Waals surface area (Å²) in [5, 5.41) is 5.62. The molecule has 0 bridgehead atoms. The van der Waals surface area contributed by atoms with E-state index in [0.717, 1.165) is 52.7 Å². The Labute approximate surface area is 124 Å². The molecule has 1 heterocycles. The molecule has 0 saturated carbocycles. The Morgan fingerprint density at radius 2 is 2.24 bits per heavy atom. The van der Waals surface area contributed by atoms with Crippen molar-refractivity contribution in [3.05, 3.63) is 54.4 Å². The van der Waals surface area contributed by atoms with E-state index in [9.17, 15) is 0 Å². The molecule has 3 heteroatoms. The van der Waals surface area contributed by atoms with Crippen molar-refractivity contribution in [2.24, 2.45) is 0 Å². The molecule has 0 spiro atoms. The van der Waals surface area contributed by atoms with Crippen LogP contribution in [0.3, 0.4) is 0 Å². The second-order valence-corrected chi connectivity index (χ2v) is 4.98. The van der Waals surface area contributed by atoms with E-state index < -0.39 is 0 Å². The third-order valence-corrected chi connectivity index (χ3v) is 3.51. The fourth-order valence-corrected chi connectivity index (χ4v) is 2.44. The Kier molecular flexibility index (Phi) is 3.72. The van der Waals surface area contributed by atoms with Crippen LogP contribution in [0.5, 0.6) is 0 Å². The zero-order valence-electron chi connectivity index (χ0n) is 11.8. The Morgan fingerprint density at radius 1 is 1.33 bits per heavy atom. The zero-order valence-corrected chi connectivity index (χ0v) is 11.8. The summed E-state index contributed by atoms with van der Waals surface area (Å²) in [7, 11) is 0. The molecule has 0 aliphatic heterocycles. The lowest BCUT2D eigenvalue weighted by molar-refractivity contribution is 0.674. The summed E-state index contributed by atoms with van der Waals surface area (Å²) in [5.41, 5.74) is 2.95. The van der Waals surface area contributed by atoms with E-state index in [1.807, 2.05) is 24.3 Å². The highest BCUT2D eigenvalue weighted by molar-refractivity contribution is 6.04. The SMILES string of the molecule is C#Cc1ccc2c(ccc3nc(CNCCC=C)[nH]c32)c1. The van der Waals surface area contributed by atoms with E-state index in [0.29, 0.717) is 0 Å². The molecule has 2 aromatic carbocycles. The van der Waals surface area contributed by atoms with Crippen LogP contribution in [0.4, 0.5) is 0 Å². The van der Waals surface area contributed by atoms with Crippen molar-refractivity contribution in [3.63, 3.8) is 0 Å².